The minimum Gasteiger partial charge on any atom is -0.481 e. The van der Waals surface area contributed by atoms with Crippen molar-refractivity contribution in [3.8, 4) is 5.75 Å². The molecule has 2 amide bonds. The third-order valence-corrected chi connectivity index (χ3v) is 4.93. The van der Waals surface area contributed by atoms with E-state index < -0.39 is 0 Å². The highest BCUT2D eigenvalue weighted by Crippen LogP contribution is 2.35. The number of benzene rings is 3. The van der Waals surface area contributed by atoms with Crippen LogP contribution in [0, 0.1) is 12.7 Å². The van der Waals surface area contributed by atoms with Gasteiger partial charge in [-0.3, -0.25) is 9.59 Å². The van der Waals surface area contributed by atoms with Gasteiger partial charge in [-0.1, -0.05) is 42.0 Å². The number of carbonyl (C=O) groups is 2. The van der Waals surface area contributed by atoms with Gasteiger partial charge in [-0.25, -0.2) is 4.39 Å². The fourth-order valence-electron chi connectivity index (χ4n) is 3.26. The molecule has 0 atom stereocenters. The van der Waals surface area contributed by atoms with Crippen LogP contribution in [0.15, 0.2) is 72.8 Å². The Kier molecular flexibility index (Phi) is 5.80. The van der Waals surface area contributed by atoms with Crippen molar-refractivity contribution < 1.29 is 18.7 Å². The van der Waals surface area contributed by atoms with Gasteiger partial charge in [0.25, 0.3) is 5.91 Å². The number of fused-ring (bicyclic) bond motifs is 1. The molecule has 0 aromatic heterocycles. The number of amides is 2. The molecule has 0 saturated carbocycles. The average Bonchev–Trinajstić information content (AvgIpc) is 2.77. The normalized spacial score (nSPS) is 13.1. The van der Waals surface area contributed by atoms with Crippen LogP contribution in [0.3, 0.4) is 0 Å². The third-order valence-electron chi connectivity index (χ3n) is 4.93. The summed E-state index contributed by atoms with van der Waals surface area (Å²) in [5, 5.41) is 2.80. The van der Waals surface area contributed by atoms with E-state index in [1.165, 1.54) is 18.2 Å². The maximum Gasteiger partial charge on any atom is 0.265 e. The summed E-state index contributed by atoms with van der Waals surface area (Å²) >= 11 is 0. The quantitative estimate of drug-likeness (QED) is 0.613. The fourth-order valence-corrected chi connectivity index (χ4v) is 3.26. The van der Waals surface area contributed by atoms with Gasteiger partial charge in [0.2, 0.25) is 5.91 Å². The van der Waals surface area contributed by atoms with Gasteiger partial charge in [0.15, 0.2) is 6.61 Å². The predicted molar refractivity (Wildman–Crippen MR) is 118 cm³/mol. The van der Waals surface area contributed by atoms with Crippen molar-refractivity contribution in [2.75, 3.05) is 16.8 Å². The Balaban J connectivity index is 1.47. The molecule has 4 rings (SSSR count). The summed E-state index contributed by atoms with van der Waals surface area (Å²) in [7, 11) is 0. The number of hydrogen-bond acceptors (Lipinski definition) is 3. The number of anilines is 2. The highest BCUT2D eigenvalue weighted by Gasteiger charge is 2.26. The SMILES string of the molecule is Cc1ccc(/C=C/C(=O)Nc2ccc3c(c2)OCC(=O)N3Cc2ccc(F)cc2)cc1. The summed E-state index contributed by atoms with van der Waals surface area (Å²) in [6, 6.07) is 19.0. The molecule has 0 saturated heterocycles. The third kappa shape index (κ3) is 4.98. The lowest BCUT2D eigenvalue weighted by Crippen LogP contribution is -2.38. The second-order valence-electron chi connectivity index (χ2n) is 7.31. The molecule has 1 aliphatic rings. The number of carbonyl (C=O) groups excluding carboxylic acids is 2. The van der Waals surface area contributed by atoms with Crippen molar-refractivity contribution in [2.45, 2.75) is 13.5 Å². The molecule has 31 heavy (non-hydrogen) atoms. The molecule has 0 radical (unpaired) electrons. The predicted octanol–water partition coefficient (Wildman–Crippen LogP) is 4.71. The second kappa shape index (κ2) is 8.83. The van der Waals surface area contributed by atoms with Crippen LogP contribution < -0.4 is 15.0 Å². The van der Waals surface area contributed by atoms with E-state index in [-0.39, 0.29) is 24.2 Å². The lowest BCUT2D eigenvalue weighted by Gasteiger charge is -2.29. The molecule has 1 N–H and O–H groups in total. The molecular formula is C25H21FN2O3. The van der Waals surface area contributed by atoms with Gasteiger partial charge < -0.3 is 15.0 Å². The molecule has 6 heteroatoms. The van der Waals surface area contributed by atoms with Crippen molar-refractivity contribution in [1.29, 1.82) is 0 Å². The molecule has 156 valence electrons. The van der Waals surface area contributed by atoms with E-state index in [1.807, 2.05) is 31.2 Å². The molecule has 1 aliphatic heterocycles. The van der Waals surface area contributed by atoms with E-state index in [2.05, 4.69) is 5.32 Å². The van der Waals surface area contributed by atoms with Crippen molar-refractivity contribution in [3.05, 3.63) is 95.3 Å². The maximum atomic E-state index is 13.2. The summed E-state index contributed by atoms with van der Waals surface area (Å²) < 4.78 is 18.7. The molecule has 0 bridgehead atoms. The van der Waals surface area contributed by atoms with Gasteiger partial charge in [-0.2, -0.15) is 0 Å². The Morgan fingerprint density at radius 2 is 1.84 bits per heavy atom. The van der Waals surface area contributed by atoms with Crippen LogP contribution in [0.1, 0.15) is 16.7 Å². The van der Waals surface area contributed by atoms with E-state index in [9.17, 15) is 14.0 Å². The summed E-state index contributed by atoms with van der Waals surface area (Å²) in [5.41, 5.74) is 4.07. The van der Waals surface area contributed by atoms with Gasteiger partial charge in [0.1, 0.15) is 11.6 Å². The zero-order valence-corrected chi connectivity index (χ0v) is 17.0. The second-order valence-corrected chi connectivity index (χ2v) is 7.31. The van der Waals surface area contributed by atoms with Crippen molar-refractivity contribution in [2.24, 2.45) is 0 Å². The highest BCUT2D eigenvalue weighted by atomic mass is 19.1. The minimum atomic E-state index is -0.325. The van der Waals surface area contributed by atoms with Gasteiger partial charge in [0, 0.05) is 17.8 Å². The molecular weight excluding hydrogens is 395 g/mol. The Morgan fingerprint density at radius 3 is 2.58 bits per heavy atom. The van der Waals surface area contributed by atoms with Crippen LogP contribution in [0.5, 0.6) is 5.75 Å². The van der Waals surface area contributed by atoms with Gasteiger partial charge in [0.05, 0.1) is 12.2 Å². The molecule has 0 unspecified atom stereocenters. The first kappa shape index (κ1) is 20.3. The lowest BCUT2D eigenvalue weighted by molar-refractivity contribution is -0.121. The summed E-state index contributed by atoms with van der Waals surface area (Å²) in [6.07, 6.45) is 3.21. The van der Waals surface area contributed by atoms with E-state index in [0.29, 0.717) is 23.7 Å². The Bertz CT molecular complexity index is 1140. The van der Waals surface area contributed by atoms with Gasteiger partial charge in [-0.05, 0) is 48.4 Å². The number of aryl methyl sites for hydroxylation is 1. The topological polar surface area (TPSA) is 58.6 Å². The molecule has 5 nitrogen and oxygen atoms in total. The van der Waals surface area contributed by atoms with Crippen LogP contribution in [0.4, 0.5) is 15.8 Å². The number of rotatable bonds is 5. The first-order valence-electron chi connectivity index (χ1n) is 9.85. The molecule has 0 fully saturated rings. The number of nitrogens with zero attached hydrogens (tertiary/aromatic N) is 1. The first-order valence-corrected chi connectivity index (χ1v) is 9.85. The number of hydrogen-bond donors (Lipinski definition) is 1. The average molecular weight is 416 g/mol. The van der Waals surface area contributed by atoms with Crippen molar-refractivity contribution in [3.63, 3.8) is 0 Å². The van der Waals surface area contributed by atoms with Gasteiger partial charge >= 0.3 is 0 Å². The van der Waals surface area contributed by atoms with E-state index in [4.69, 9.17) is 4.74 Å². The molecule has 3 aromatic rings. The van der Waals surface area contributed by atoms with Crippen LogP contribution >= 0.6 is 0 Å². The number of halogens is 1. The Morgan fingerprint density at radius 1 is 1.10 bits per heavy atom. The first-order chi connectivity index (χ1) is 15.0. The van der Waals surface area contributed by atoms with Crippen molar-refractivity contribution >= 4 is 29.3 Å². The lowest BCUT2D eigenvalue weighted by atomic mass is 10.1. The molecule has 3 aromatic carbocycles. The van der Waals surface area contributed by atoms with Crippen molar-refractivity contribution in [1.82, 2.24) is 0 Å². The largest absolute Gasteiger partial charge is 0.481 e. The number of ether oxygens (including phenoxy) is 1. The zero-order chi connectivity index (χ0) is 21.8. The van der Waals surface area contributed by atoms with E-state index in [0.717, 1.165) is 16.7 Å². The van der Waals surface area contributed by atoms with Crippen LogP contribution in [0.25, 0.3) is 6.08 Å². The Hall–Kier alpha value is -3.93. The summed E-state index contributed by atoms with van der Waals surface area (Å²) in [5.74, 6) is -0.276. The van der Waals surface area contributed by atoms with E-state index >= 15 is 0 Å². The number of nitrogens with one attached hydrogen (secondary N) is 1. The summed E-state index contributed by atoms with van der Waals surface area (Å²) in [6.45, 7) is 2.21. The molecule has 0 spiro atoms. The van der Waals surface area contributed by atoms with Gasteiger partial charge in [-0.15, -0.1) is 0 Å². The fraction of sp³-hybridized carbons (Fsp3) is 0.120. The summed E-state index contributed by atoms with van der Waals surface area (Å²) in [4.78, 5) is 26.2. The zero-order valence-electron chi connectivity index (χ0n) is 17.0. The van der Waals surface area contributed by atoms with Crippen LogP contribution in [-0.2, 0) is 16.1 Å². The Labute approximate surface area is 179 Å². The standard InChI is InChI=1S/C25H21FN2O3/c1-17-2-4-18(5-3-17)8-13-24(29)27-21-11-12-22-23(14-21)31-16-25(30)28(22)15-19-6-9-20(26)10-7-19/h2-14H,15-16H2,1H3,(H,27,29)/b13-8+. The monoisotopic (exact) mass is 416 g/mol. The molecule has 0 aliphatic carbocycles. The maximum absolute atomic E-state index is 13.2. The van der Waals surface area contributed by atoms with Crippen LogP contribution in [0.2, 0.25) is 0 Å². The van der Waals surface area contributed by atoms with E-state index in [1.54, 1.807) is 41.3 Å². The van der Waals surface area contributed by atoms with Crippen LogP contribution in [-0.4, -0.2) is 18.4 Å². The highest BCUT2D eigenvalue weighted by molar-refractivity contribution is 6.03. The minimum absolute atomic E-state index is 0.0983. The smallest absolute Gasteiger partial charge is 0.265 e. The molecule has 1 heterocycles.